The fraction of sp³-hybridized carbons (Fsp3) is 1.00. The first-order chi connectivity index (χ1) is 6.55. The minimum Gasteiger partial charge on any atom is -0.375 e. The van der Waals surface area contributed by atoms with Crippen LogP contribution in [0.25, 0.3) is 0 Å². The lowest BCUT2D eigenvalue weighted by atomic mass is 10.0. The van der Waals surface area contributed by atoms with E-state index in [2.05, 4.69) is 33.0 Å². The molecule has 14 heavy (non-hydrogen) atoms. The summed E-state index contributed by atoms with van der Waals surface area (Å²) in [6.45, 7) is 10.5. The molecule has 0 bridgehead atoms. The number of hydrogen-bond donors (Lipinski definition) is 1. The summed E-state index contributed by atoms with van der Waals surface area (Å²) in [7, 11) is 0. The van der Waals surface area contributed by atoms with Gasteiger partial charge in [0.2, 0.25) is 0 Å². The van der Waals surface area contributed by atoms with Gasteiger partial charge in [0.1, 0.15) is 0 Å². The monoisotopic (exact) mass is 199 g/mol. The second-order valence-corrected chi connectivity index (χ2v) is 5.09. The summed E-state index contributed by atoms with van der Waals surface area (Å²) in [5, 5.41) is 3.63. The van der Waals surface area contributed by atoms with E-state index in [0.717, 1.165) is 25.1 Å². The molecule has 84 valence electrons. The molecule has 0 aromatic rings. The molecule has 1 aliphatic rings. The SMILES string of the molecule is CCOC(C)(C)CNC1CCCC1C. The molecule has 1 N–H and O–H groups in total. The lowest BCUT2D eigenvalue weighted by molar-refractivity contribution is -0.0112. The molecule has 0 amide bonds. The van der Waals surface area contributed by atoms with Crippen molar-refractivity contribution in [3.05, 3.63) is 0 Å². The molecular formula is C12H25NO. The molecule has 0 saturated heterocycles. The van der Waals surface area contributed by atoms with Crippen LogP contribution in [0.3, 0.4) is 0 Å². The maximum absolute atomic E-state index is 5.66. The standard InChI is InChI=1S/C12H25NO/c1-5-14-12(3,4)9-13-11-8-6-7-10(11)2/h10-11,13H,5-9H2,1-4H3. The third-order valence-electron chi connectivity index (χ3n) is 3.19. The predicted octanol–water partition coefficient (Wildman–Crippen LogP) is 2.58. The van der Waals surface area contributed by atoms with Crippen LogP contribution in [0, 0.1) is 5.92 Å². The van der Waals surface area contributed by atoms with Crippen molar-refractivity contribution >= 4 is 0 Å². The van der Waals surface area contributed by atoms with Crippen LogP contribution in [-0.4, -0.2) is 24.8 Å². The van der Waals surface area contributed by atoms with Crippen molar-refractivity contribution in [2.45, 2.75) is 58.6 Å². The Balaban J connectivity index is 2.25. The molecule has 0 aliphatic heterocycles. The van der Waals surface area contributed by atoms with Crippen LogP contribution < -0.4 is 5.32 Å². The predicted molar refractivity (Wildman–Crippen MR) is 60.5 cm³/mol. The van der Waals surface area contributed by atoms with Gasteiger partial charge in [-0.3, -0.25) is 0 Å². The average Bonchev–Trinajstić information content (AvgIpc) is 2.48. The van der Waals surface area contributed by atoms with Crippen LogP contribution in [-0.2, 0) is 4.74 Å². The van der Waals surface area contributed by atoms with E-state index in [9.17, 15) is 0 Å². The first-order valence-corrected chi connectivity index (χ1v) is 5.92. The molecule has 2 unspecified atom stereocenters. The van der Waals surface area contributed by atoms with Gasteiger partial charge in [-0.15, -0.1) is 0 Å². The van der Waals surface area contributed by atoms with Gasteiger partial charge in [-0.05, 0) is 39.5 Å². The highest BCUT2D eigenvalue weighted by molar-refractivity contribution is 4.83. The Hall–Kier alpha value is -0.0800. The van der Waals surface area contributed by atoms with Gasteiger partial charge >= 0.3 is 0 Å². The fourth-order valence-electron chi connectivity index (χ4n) is 2.27. The van der Waals surface area contributed by atoms with Crippen molar-refractivity contribution in [2.24, 2.45) is 5.92 Å². The number of rotatable bonds is 5. The minimum absolute atomic E-state index is 0.0168. The summed E-state index contributed by atoms with van der Waals surface area (Å²) in [6.07, 6.45) is 4.10. The van der Waals surface area contributed by atoms with Crippen molar-refractivity contribution in [3.8, 4) is 0 Å². The van der Waals surface area contributed by atoms with Crippen LogP contribution in [0.4, 0.5) is 0 Å². The van der Waals surface area contributed by atoms with Gasteiger partial charge in [0.15, 0.2) is 0 Å². The summed E-state index contributed by atoms with van der Waals surface area (Å²) in [4.78, 5) is 0. The Morgan fingerprint density at radius 3 is 2.57 bits per heavy atom. The van der Waals surface area contributed by atoms with Gasteiger partial charge in [-0.1, -0.05) is 13.3 Å². The molecule has 1 aliphatic carbocycles. The highest BCUT2D eigenvalue weighted by atomic mass is 16.5. The molecule has 0 heterocycles. The van der Waals surface area contributed by atoms with E-state index in [1.54, 1.807) is 0 Å². The van der Waals surface area contributed by atoms with E-state index in [4.69, 9.17) is 4.74 Å². The van der Waals surface area contributed by atoms with Gasteiger partial charge in [-0.25, -0.2) is 0 Å². The maximum atomic E-state index is 5.66. The summed E-state index contributed by atoms with van der Waals surface area (Å²) >= 11 is 0. The molecule has 2 atom stereocenters. The molecule has 1 rings (SSSR count). The van der Waals surface area contributed by atoms with Gasteiger partial charge in [-0.2, -0.15) is 0 Å². The van der Waals surface area contributed by atoms with Crippen molar-refractivity contribution < 1.29 is 4.74 Å². The number of ether oxygens (including phenoxy) is 1. The van der Waals surface area contributed by atoms with Crippen molar-refractivity contribution in [2.75, 3.05) is 13.2 Å². The van der Waals surface area contributed by atoms with E-state index < -0.39 is 0 Å². The van der Waals surface area contributed by atoms with Gasteiger partial charge < -0.3 is 10.1 Å². The second kappa shape index (κ2) is 5.13. The van der Waals surface area contributed by atoms with E-state index >= 15 is 0 Å². The fourth-order valence-corrected chi connectivity index (χ4v) is 2.27. The van der Waals surface area contributed by atoms with Crippen LogP contribution >= 0.6 is 0 Å². The molecule has 0 aromatic heterocycles. The molecule has 1 fully saturated rings. The molecule has 2 nitrogen and oxygen atoms in total. The van der Waals surface area contributed by atoms with Crippen LogP contribution in [0.5, 0.6) is 0 Å². The largest absolute Gasteiger partial charge is 0.375 e. The summed E-state index contributed by atoms with van der Waals surface area (Å²) in [5.74, 6) is 0.840. The molecule has 0 radical (unpaired) electrons. The number of hydrogen-bond acceptors (Lipinski definition) is 2. The normalized spacial score (nSPS) is 28.3. The Labute approximate surface area is 88.4 Å². The molecular weight excluding hydrogens is 174 g/mol. The molecule has 0 spiro atoms. The molecule has 1 saturated carbocycles. The zero-order chi connectivity index (χ0) is 10.6. The smallest absolute Gasteiger partial charge is 0.0750 e. The summed E-state index contributed by atoms with van der Waals surface area (Å²) in [5.41, 5.74) is -0.0168. The van der Waals surface area contributed by atoms with Crippen LogP contribution in [0.1, 0.15) is 47.0 Å². The zero-order valence-corrected chi connectivity index (χ0v) is 10.1. The summed E-state index contributed by atoms with van der Waals surface area (Å²) < 4.78 is 5.66. The Morgan fingerprint density at radius 2 is 2.07 bits per heavy atom. The quantitative estimate of drug-likeness (QED) is 0.735. The maximum Gasteiger partial charge on any atom is 0.0750 e. The van der Waals surface area contributed by atoms with Crippen molar-refractivity contribution in [3.63, 3.8) is 0 Å². The van der Waals surface area contributed by atoms with Gasteiger partial charge in [0.25, 0.3) is 0 Å². The summed E-state index contributed by atoms with van der Waals surface area (Å²) in [6, 6.07) is 0.717. The number of nitrogens with one attached hydrogen (secondary N) is 1. The third-order valence-corrected chi connectivity index (χ3v) is 3.19. The van der Waals surface area contributed by atoms with E-state index in [1.807, 2.05) is 0 Å². The molecule has 0 aromatic carbocycles. The first-order valence-electron chi connectivity index (χ1n) is 5.92. The third kappa shape index (κ3) is 3.58. The van der Waals surface area contributed by atoms with E-state index in [0.29, 0.717) is 0 Å². The molecule has 2 heteroatoms. The first kappa shape index (κ1) is 12.0. The van der Waals surface area contributed by atoms with Gasteiger partial charge in [0, 0.05) is 19.2 Å². The van der Waals surface area contributed by atoms with Crippen molar-refractivity contribution in [1.29, 1.82) is 0 Å². The minimum atomic E-state index is -0.0168. The van der Waals surface area contributed by atoms with Crippen LogP contribution in [0.15, 0.2) is 0 Å². The topological polar surface area (TPSA) is 21.3 Å². The Bertz CT molecular complexity index is 168. The highest BCUT2D eigenvalue weighted by Crippen LogP contribution is 2.25. The Kier molecular flexibility index (Phi) is 4.39. The van der Waals surface area contributed by atoms with E-state index in [1.165, 1.54) is 19.3 Å². The lowest BCUT2D eigenvalue weighted by Gasteiger charge is -2.28. The van der Waals surface area contributed by atoms with Crippen molar-refractivity contribution in [1.82, 2.24) is 5.32 Å². The Morgan fingerprint density at radius 1 is 1.36 bits per heavy atom. The average molecular weight is 199 g/mol. The van der Waals surface area contributed by atoms with Crippen LogP contribution in [0.2, 0.25) is 0 Å². The highest BCUT2D eigenvalue weighted by Gasteiger charge is 2.25. The zero-order valence-electron chi connectivity index (χ0n) is 10.1. The van der Waals surface area contributed by atoms with Gasteiger partial charge in [0.05, 0.1) is 5.60 Å². The second-order valence-electron chi connectivity index (χ2n) is 5.09. The lowest BCUT2D eigenvalue weighted by Crippen LogP contribution is -2.43. The van der Waals surface area contributed by atoms with E-state index in [-0.39, 0.29) is 5.60 Å².